The number of aliphatic hydroxyl groups is 1. The number of hydrogen-bond acceptors (Lipinski definition) is 2. The standard InChI is InChI=1S/C20H34ClNO/c1-3-5-7-9-15-22(16-10-8-6-4-2)17-20(23)18-11-13-19(21)14-12-18/h11-14,20,23H,3-10,15-17H2,1-2H3. The van der Waals surface area contributed by atoms with Gasteiger partial charge in [-0.2, -0.15) is 0 Å². The van der Waals surface area contributed by atoms with Crippen molar-refractivity contribution in [3.63, 3.8) is 0 Å². The fourth-order valence-corrected chi connectivity index (χ4v) is 2.98. The summed E-state index contributed by atoms with van der Waals surface area (Å²) >= 11 is 5.93. The molecule has 0 aliphatic heterocycles. The number of nitrogens with zero attached hydrogens (tertiary/aromatic N) is 1. The van der Waals surface area contributed by atoms with Crippen LogP contribution < -0.4 is 0 Å². The fourth-order valence-electron chi connectivity index (χ4n) is 2.85. The molecule has 0 bridgehead atoms. The Morgan fingerprint density at radius 1 is 0.870 bits per heavy atom. The quantitative estimate of drug-likeness (QED) is 0.456. The smallest absolute Gasteiger partial charge is 0.0916 e. The van der Waals surface area contributed by atoms with Gasteiger partial charge in [-0.1, -0.05) is 76.1 Å². The zero-order valence-electron chi connectivity index (χ0n) is 14.9. The van der Waals surface area contributed by atoms with E-state index in [0.29, 0.717) is 0 Å². The van der Waals surface area contributed by atoms with E-state index in [1.54, 1.807) is 0 Å². The minimum Gasteiger partial charge on any atom is -0.387 e. The normalized spacial score (nSPS) is 12.7. The van der Waals surface area contributed by atoms with Gasteiger partial charge in [0, 0.05) is 11.6 Å². The topological polar surface area (TPSA) is 23.5 Å². The second-order valence-corrected chi connectivity index (χ2v) is 6.93. The lowest BCUT2D eigenvalue weighted by molar-refractivity contribution is 0.110. The molecule has 0 aromatic heterocycles. The Bertz CT molecular complexity index is 381. The Labute approximate surface area is 147 Å². The summed E-state index contributed by atoms with van der Waals surface area (Å²) in [5.74, 6) is 0. The first kappa shape index (κ1) is 20.5. The molecule has 1 aromatic carbocycles. The van der Waals surface area contributed by atoms with E-state index in [1.807, 2.05) is 24.3 Å². The lowest BCUT2D eigenvalue weighted by Gasteiger charge is -2.25. The molecule has 1 rings (SSSR count). The Morgan fingerprint density at radius 2 is 1.39 bits per heavy atom. The van der Waals surface area contributed by atoms with Crippen LogP contribution in [0.1, 0.15) is 76.9 Å². The molecule has 23 heavy (non-hydrogen) atoms. The Balaban J connectivity index is 2.46. The zero-order valence-corrected chi connectivity index (χ0v) is 15.7. The molecule has 0 fully saturated rings. The third-order valence-electron chi connectivity index (χ3n) is 4.34. The maximum atomic E-state index is 10.5. The third-order valence-corrected chi connectivity index (χ3v) is 4.59. The van der Waals surface area contributed by atoms with Gasteiger partial charge in [0.25, 0.3) is 0 Å². The Kier molecular flexibility index (Phi) is 11.4. The number of halogens is 1. The molecule has 1 unspecified atom stereocenters. The van der Waals surface area contributed by atoms with Crippen molar-refractivity contribution in [3.05, 3.63) is 34.9 Å². The first-order valence-electron chi connectivity index (χ1n) is 9.33. The van der Waals surface area contributed by atoms with Gasteiger partial charge in [0.15, 0.2) is 0 Å². The molecule has 2 nitrogen and oxygen atoms in total. The summed E-state index contributed by atoms with van der Waals surface area (Å²) in [4.78, 5) is 2.44. The van der Waals surface area contributed by atoms with Crippen molar-refractivity contribution in [2.24, 2.45) is 0 Å². The van der Waals surface area contributed by atoms with Gasteiger partial charge < -0.3 is 10.0 Å². The van der Waals surface area contributed by atoms with E-state index >= 15 is 0 Å². The molecule has 1 atom stereocenters. The van der Waals surface area contributed by atoms with Crippen LogP contribution in [0.2, 0.25) is 5.02 Å². The van der Waals surface area contributed by atoms with Crippen LogP contribution in [0.3, 0.4) is 0 Å². The van der Waals surface area contributed by atoms with Gasteiger partial charge in [0.1, 0.15) is 0 Å². The van der Waals surface area contributed by atoms with Crippen molar-refractivity contribution in [1.29, 1.82) is 0 Å². The number of benzene rings is 1. The maximum absolute atomic E-state index is 10.5. The highest BCUT2D eigenvalue weighted by atomic mass is 35.5. The molecule has 1 N–H and O–H groups in total. The summed E-state index contributed by atoms with van der Waals surface area (Å²) in [5, 5.41) is 11.2. The summed E-state index contributed by atoms with van der Waals surface area (Å²) in [6, 6.07) is 7.57. The van der Waals surface area contributed by atoms with Crippen molar-refractivity contribution in [3.8, 4) is 0 Å². The SMILES string of the molecule is CCCCCCN(CCCCCC)CC(O)c1ccc(Cl)cc1. The van der Waals surface area contributed by atoms with Crippen LogP contribution in [0, 0.1) is 0 Å². The maximum Gasteiger partial charge on any atom is 0.0916 e. The number of rotatable bonds is 13. The van der Waals surface area contributed by atoms with E-state index in [9.17, 15) is 5.11 Å². The highest BCUT2D eigenvalue weighted by Crippen LogP contribution is 2.18. The predicted octanol–water partition coefficient (Wildman–Crippen LogP) is 5.84. The monoisotopic (exact) mass is 339 g/mol. The number of unbranched alkanes of at least 4 members (excludes halogenated alkanes) is 6. The van der Waals surface area contributed by atoms with Crippen LogP contribution in [-0.2, 0) is 0 Å². The minimum atomic E-state index is -0.426. The van der Waals surface area contributed by atoms with Crippen LogP contribution in [0.4, 0.5) is 0 Å². The molecule has 0 spiro atoms. The molecule has 132 valence electrons. The largest absolute Gasteiger partial charge is 0.387 e. The van der Waals surface area contributed by atoms with E-state index in [1.165, 1.54) is 51.4 Å². The highest BCUT2D eigenvalue weighted by Gasteiger charge is 2.13. The van der Waals surface area contributed by atoms with Crippen LogP contribution in [-0.4, -0.2) is 29.6 Å². The van der Waals surface area contributed by atoms with Crippen molar-refractivity contribution in [1.82, 2.24) is 4.90 Å². The van der Waals surface area contributed by atoms with Crippen molar-refractivity contribution in [2.75, 3.05) is 19.6 Å². The molecule has 0 aliphatic carbocycles. The summed E-state index contributed by atoms with van der Waals surface area (Å²) in [6.45, 7) is 7.40. The lowest BCUT2D eigenvalue weighted by atomic mass is 10.1. The van der Waals surface area contributed by atoms with Crippen molar-refractivity contribution < 1.29 is 5.11 Å². The van der Waals surface area contributed by atoms with Crippen LogP contribution in [0.25, 0.3) is 0 Å². The number of hydrogen-bond donors (Lipinski definition) is 1. The predicted molar refractivity (Wildman–Crippen MR) is 101 cm³/mol. The molecule has 3 heteroatoms. The van der Waals surface area contributed by atoms with Gasteiger partial charge in [-0.15, -0.1) is 0 Å². The third kappa shape index (κ3) is 9.34. The van der Waals surface area contributed by atoms with E-state index in [-0.39, 0.29) is 0 Å². The second-order valence-electron chi connectivity index (χ2n) is 6.49. The van der Waals surface area contributed by atoms with Gasteiger partial charge in [0.2, 0.25) is 0 Å². The number of aliphatic hydroxyl groups excluding tert-OH is 1. The zero-order chi connectivity index (χ0) is 16.9. The van der Waals surface area contributed by atoms with Crippen molar-refractivity contribution in [2.45, 2.75) is 71.3 Å². The summed E-state index contributed by atoms with van der Waals surface area (Å²) in [6.07, 6.45) is 9.77. The van der Waals surface area contributed by atoms with Crippen LogP contribution in [0.15, 0.2) is 24.3 Å². The lowest BCUT2D eigenvalue weighted by Crippen LogP contribution is -2.31. The Hall–Kier alpha value is -0.570. The molecule has 0 aliphatic rings. The molecule has 0 heterocycles. The van der Waals surface area contributed by atoms with Gasteiger partial charge in [-0.25, -0.2) is 0 Å². The first-order chi connectivity index (χ1) is 11.2. The molecule has 0 saturated heterocycles. The summed E-state index contributed by atoms with van der Waals surface area (Å²) in [5.41, 5.74) is 0.960. The van der Waals surface area contributed by atoms with Gasteiger partial charge in [-0.3, -0.25) is 0 Å². The molecule has 1 aromatic rings. The van der Waals surface area contributed by atoms with E-state index in [2.05, 4.69) is 18.7 Å². The van der Waals surface area contributed by atoms with Gasteiger partial charge in [0.05, 0.1) is 6.10 Å². The molecule has 0 amide bonds. The fraction of sp³-hybridized carbons (Fsp3) is 0.700. The average molecular weight is 340 g/mol. The molecule has 0 radical (unpaired) electrons. The second kappa shape index (κ2) is 12.8. The van der Waals surface area contributed by atoms with Crippen LogP contribution >= 0.6 is 11.6 Å². The van der Waals surface area contributed by atoms with E-state index < -0.39 is 6.10 Å². The minimum absolute atomic E-state index is 0.426. The molecule has 0 saturated carbocycles. The van der Waals surface area contributed by atoms with Crippen LogP contribution in [0.5, 0.6) is 0 Å². The summed E-state index contributed by atoms with van der Waals surface area (Å²) in [7, 11) is 0. The van der Waals surface area contributed by atoms with E-state index in [0.717, 1.165) is 30.2 Å². The average Bonchev–Trinajstić information content (AvgIpc) is 2.55. The van der Waals surface area contributed by atoms with Gasteiger partial charge >= 0.3 is 0 Å². The summed E-state index contributed by atoms with van der Waals surface area (Å²) < 4.78 is 0. The highest BCUT2D eigenvalue weighted by molar-refractivity contribution is 6.30. The Morgan fingerprint density at radius 3 is 1.87 bits per heavy atom. The van der Waals surface area contributed by atoms with E-state index in [4.69, 9.17) is 11.6 Å². The van der Waals surface area contributed by atoms with Crippen molar-refractivity contribution >= 4 is 11.6 Å². The molecular weight excluding hydrogens is 306 g/mol. The van der Waals surface area contributed by atoms with Gasteiger partial charge in [-0.05, 0) is 43.6 Å². The molecular formula is C20H34ClNO. The first-order valence-corrected chi connectivity index (χ1v) is 9.71.